The molecule has 0 bridgehead atoms. The van der Waals surface area contributed by atoms with E-state index in [4.69, 9.17) is 5.41 Å². The number of halogens is 3. The van der Waals surface area contributed by atoms with Gasteiger partial charge in [0.05, 0.1) is 21.6 Å². The van der Waals surface area contributed by atoms with Crippen LogP contribution in [0.15, 0.2) is 48.5 Å². The predicted molar refractivity (Wildman–Crippen MR) is 106 cm³/mol. The highest BCUT2D eigenvalue weighted by Gasteiger charge is 2.31. The van der Waals surface area contributed by atoms with Crippen LogP contribution in [0.5, 0.6) is 5.75 Å². The molecule has 2 aromatic heterocycles. The Morgan fingerprint density at radius 1 is 1.00 bits per heavy atom. The number of fused-ring (bicyclic) bond motifs is 1. The number of aryl methyl sites for hydroxylation is 4. The van der Waals surface area contributed by atoms with Crippen molar-refractivity contribution < 1.29 is 17.9 Å². The van der Waals surface area contributed by atoms with Crippen LogP contribution in [-0.2, 0) is 25.8 Å². The van der Waals surface area contributed by atoms with Gasteiger partial charge in [0.25, 0.3) is 0 Å². The average Bonchev–Trinajstić information content (AvgIpc) is 3.27. The second kappa shape index (κ2) is 8.31. The van der Waals surface area contributed by atoms with E-state index in [9.17, 15) is 13.2 Å². The molecular weight excluding hydrogens is 415 g/mol. The SMILES string of the molecule is N=c1sc2cc(OC(F)(F)F)ccc2n1CCc1n[nH]nc1CCc1ccccc1. The Balaban J connectivity index is 1.47. The molecule has 4 aromatic rings. The summed E-state index contributed by atoms with van der Waals surface area (Å²) >= 11 is 1.11. The van der Waals surface area contributed by atoms with E-state index in [1.54, 1.807) is 10.6 Å². The Morgan fingerprint density at radius 2 is 1.73 bits per heavy atom. The summed E-state index contributed by atoms with van der Waals surface area (Å²) in [6.07, 6.45) is -2.59. The monoisotopic (exact) mass is 433 g/mol. The second-order valence-corrected chi connectivity index (χ2v) is 7.72. The number of rotatable bonds is 7. The Hall–Kier alpha value is -3.14. The molecule has 0 aliphatic heterocycles. The van der Waals surface area contributed by atoms with E-state index in [1.165, 1.54) is 17.7 Å². The quantitative estimate of drug-likeness (QED) is 0.458. The Labute approximate surface area is 173 Å². The lowest BCUT2D eigenvalue weighted by Crippen LogP contribution is -2.17. The maximum atomic E-state index is 12.4. The largest absolute Gasteiger partial charge is 0.573 e. The van der Waals surface area contributed by atoms with Crippen molar-refractivity contribution in [3.05, 3.63) is 70.3 Å². The van der Waals surface area contributed by atoms with Gasteiger partial charge in [-0.15, -0.1) is 13.2 Å². The molecule has 0 radical (unpaired) electrons. The van der Waals surface area contributed by atoms with Crippen molar-refractivity contribution in [1.82, 2.24) is 20.0 Å². The number of H-pyrrole nitrogens is 1. The van der Waals surface area contributed by atoms with E-state index < -0.39 is 6.36 Å². The summed E-state index contributed by atoms with van der Waals surface area (Å²) in [5, 5.41) is 19.4. The molecule has 156 valence electrons. The van der Waals surface area contributed by atoms with E-state index in [2.05, 4.69) is 32.3 Å². The fraction of sp³-hybridized carbons (Fsp3) is 0.250. The third-order valence-electron chi connectivity index (χ3n) is 4.68. The lowest BCUT2D eigenvalue weighted by atomic mass is 10.1. The number of hydrogen-bond acceptors (Lipinski definition) is 5. The zero-order chi connectivity index (χ0) is 21.1. The van der Waals surface area contributed by atoms with Crippen molar-refractivity contribution in [1.29, 1.82) is 5.41 Å². The molecule has 30 heavy (non-hydrogen) atoms. The van der Waals surface area contributed by atoms with Gasteiger partial charge in [-0.25, -0.2) is 0 Å². The fourth-order valence-corrected chi connectivity index (χ4v) is 4.25. The molecule has 0 atom stereocenters. The van der Waals surface area contributed by atoms with E-state index in [0.29, 0.717) is 23.2 Å². The molecule has 10 heteroatoms. The standard InChI is InChI=1S/C20H18F3N5OS/c21-20(22,23)29-14-7-9-17-18(12-14)30-19(24)28(17)11-10-16-15(25-27-26-16)8-6-13-4-2-1-3-5-13/h1-5,7,9,12,24H,6,8,10-11H2,(H,25,26,27). The number of aromatic nitrogens is 4. The number of thiazole rings is 1. The van der Waals surface area contributed by atoms with Gasteiger partial charge in [-0.2, -0.15) is 15.4 Å². The van der Waals surface area contributed by atoms with Gasteiger partial charge in [0.15, 0.2) is 4.80 Å². The molecule has 0 unspecified atom stereocenters. The molecular formula is C20H18F3N5OS. The lowest BCUT2D eigenvalue weighted by molar-refractivity contribution is -0.274. The van der Waals surface area contributed by atoms with Gasteiger partial charge >= 0.3 is 6.36 Å². The highest BCUT2D eigenvalue weighted by molar-refractivity contribution is 7.16. The number of benzene rings is 2. The predicted octanol–water partition coefficient (Wildman–Crippen LogP) is 4.23. The van der Waals surface area contributed by atoms with E-state index >= 15 is 0 Å². The van der Waals surface area contributed by atoms with Gasteiger partial charge in [0.1, 0.15) is 5.75 Å². The first kappa shape index (κ1) is 20.1. The molecule has 0 saturated heterocycles. The van der Waals surface area contributed by atoms with Crippen molar-refractivity contribution in [2.75, 3.05) is 0 Å². The lowest BCUT2D eigenvalue weighted by Gasteiger charge is -2.09. The highest BCUT2D eigenvalue weighted by atomic mass is 32.1. The van der Waals surface area contributed by atoms with E-state index in [0.717, 1.165) is 35.6 Å². The first-order valence-corrected chi connectivity index (χ1v) is 10.1. The van der Waals surface area contributed by atoms with E-state index in [1.807, 2.05) is 18.2 Å². The van der Waals surface area contributed by atoms with E-state index in [-0.39, 0.29) is 10.6 Å². The van der Waals surface area contributed by atoms with Gasteiger partial charge in [-0.1, -0.05) is 41.7 Å². The minimum absolute atomic E-state index is 0.253. The molecule has 2 N–H and O–H groups in total. The second-order valence-electron chi connectivity index (χ2n) is 6.69. The van der Waals surface area contributed by atoms with Crippen LogP contribution in [0.4, 0.5) is 13.2 Å². The Kier molecular flexibility index (Phi) is 5.58. The van der Waals surface area contributed by atoms with Gasteiger partial charge in [0, 0.05) is 13.0 Å². The molecule has 0 aliphatic carbocycles. The topological polar surface area (TPSA) is 79.6 Å². The van der Waals surface area contributed by atoms with Crippen LogP contribution in [0.3, 0.4) is 0 Å². The Bertz CT molecular complexity index is 1200. The third kappa shape index (κ3) is 4.70. The molecule has 0 amide bonds. The molecule has 2 aromatic carbocycles. The van der Waals surface area contributed by atoms with Gasteiger partial charge in [0.2, 0.25) is 0 Å². The van der Waals surface area contributed by atoms with Crippen LogP contribution in [0.1, 0.15) is 17.0 Å². The molecule has 0 spiro atoms. The maximum Gasteiger partial charge on any atom is 0.573 e. The van der Waals surface area contributed by atoms with Crippen molar-refractivity contribution in [3.63, 3.8) is 0 Å². The number of aromatic amines is 1. The van der Waals surface area contributed by atoms with Crippen LogP contribution >= 0.6 is 11.3 Å². The van der Waals surface area contributed by atoms with Crippen LogP contribution in [-0.4, -0.2) is 26.3 Å². The number of nitrogens with zero attached hydrogens (tertiary/aromatic N) is 3. The molecule has 4 rings (SSSR count). The summed E-state index contributed by atoms with van der Waals surface area (Å²) in [5.74, 6) is -0.289. The van der Waals surface area contributed by atoms with Crippen LogP contribution in [0.25, 0.3) is 10.2 Å². The average molecular weight is 433 g/mol. The zero-order valence-corrected chi connectivity index (χ0v) is 16.6. The molecule has 0 fully saturated rings. The van der Waals surface area contributed by atoms with Gasteiger partial charge in [-0.3, -0.25) is 5.41 Å². The fourth-order valence-electron chi connectivity index (χ4n) is 3.29. The number of ether oxygens (including phenoxy) is 1. The normalized spacial score (nSPS) is 11.8. The van der Waals surface area contributed by atoms with Crippen LogP contribution < -0.4 is 9.54 Å². The van der Waals surface area contributed by atoms with Crippen molar-refractivity contribution in [3.8, 4) is 5.75 Å². The van der Waals surface area contributed by atoms with Crippen LogP contribution in [0, 0.1) is 5.41 Å². The number of alkyl halides is 3. The summed E-state index contributed by atoms with van der Waals surface area (Å²) in [7, 11) is 0. The summed E-state index contributed by atoms with van der Waals surface area (Å²) < 4.78 is 43.6. The number of hydrogen-bond donors (Lipinski definition) is 2. The molecule has 2 heterocycles. The zero-order valence-electron chi connectivity index (χ0n) is 15.7. The summed E-state index contributed by atoms with van der Waals surface area (Å²) in [4.78, 5) is 0.253. The first-order valence-electron chi connectivity index (χ1n) is 9.25. The summed E-state index contributed by atoms with van der Waals surface area (Å²) in [6, 6.07) is 14.2. The van der Waals surface area contributed by atoms with Crippen LogP contribution in [0.2, 0.25) is 0 Å². The minimum Gasteiger partial charge on any atom is -0.406 e. The van der Waals surface area contributed by atoms with Gasteiger partial charge < -0.3 is 9.30 Å². The van der Waals surface area contributed by atoms with Crippen molar-refractivity contribution >= 4 is 21.6 Å². The smallest absolute Gasteiger partial charge is 0.406 e. The van der Waals surface area contributed by atoms with Crippen molar-refractivity contribution in [2.45, 2.75) is 32.2 Å². The number of nitrogens with one attached hydrogen (secondary N) is 2. The molecule has 0 saturated carbocycles. The Morgan fingerprint density at radius 3 is 2.47 bits per heavy atom. The van der Waals surface area contributed by atoms with Gasteiger partial charge in [-0.05, 0) is 36.6 Å². The van der Waals surface area contributed by atoms with Crippen molar-refractivity contribution in [2.24, 2.45) is 0 Å². The summed E-state index contributed by atoms with van der Waals surface area (Å²) in [5.41, 5.74) is 3.62. The maximum absolute atomic E-state index is 12.4. The molecule has 6 nitrogen and oxygen atoms in total. The third-order valence-corrected chi connectivity index (χ3v) is 5.64. The summed E-state index contributed by atoms with van der Waals surface area (Å²) in [6.45, 7) is 0.475. The first-order chi connectivity index (χ1) is 14.4. The molecule has 0 aliphatic rings. The highest BCUT2D eigenvalue weighted by Crippen LogP contribution is 2.28. The minimum atomic E-state index is -4.74.